The fourth-order valence-corrected chi connectivity index (χ4v) is 4.95. The molecule has 0 spiro atoms. The third kappa shape index (κ3) is 4.94. The molecule has 2 aromatic carbocycles. The summed E-state index contributed by atoms with van der Waals surface area (Å²) in [6.45, 7) is 2.44. The number of pyridine rings is 1. The Kier molecular flexibility index (Phi) is 6.69. The van der Waals surface area contributed by atoms with Gasteiger partial charge < -0.3 is 25.2 Å². The van der Waals surface area contributed by atoms with Crippen LogP contribution >= 0.6 is 12.2 Å². The van der Waals surface area contributed by atoms with Crippen molar-refractivity contribution >= 4 is 28.9 Å². The second-order valence-corrected chi connectivity index (χ2v) is 9.19. The number of aryl methyl sites for hydroxylation is 1. The summed E-state index contributed by atoms with van der Waals surface area (Å²) in [6.07, 6.45) is 4.04. The number of amides is 1. The van der Waals surface area contributed by atoms with Crippen LogP contribution in [0.1, 0.15) is 35.5 Å². The minimum atomic E-state index is -0.192. The molecule has 0 saturated carbocycles. The molecule has 5 rings (SSSR count). The molecule has 7 nitrogen and oxygen atoms in total. The fraction of sp³-hybridized carbons (Fsp3) is 0.179. The van der Waals surface area contributed by atoms with Gasteiger partial charge in [-0.2, -0.15) is 0 Å². The van der Waals surface area contributed by atoms with Crippen LogP contribution in [0.3, 0.4) is 0 Å². The van der Waals surface area contributed by atoms with Crippen LogP contribution in [-0.2, 0) is 4.79 Å². The van der Waals surface area contributed by atoms with E-state index in [0.29, 0.717) is 11.7 Å². The number of carbonyl (C=O) groups is 1. The summed E-state index contributed by atoms with van der Waals surface area (Å²) in [4.78, 5) is 19.5. The van der Waals surface area contributed by atoms with Crippen LogP contribution in [-0.4, -0.2) is 37.1 Å². The first-order valence-corrected chi connectivity index (χ1v) is 12.2. The van der Waals surface area contributed by atoms with Crippen molar-refractivity contribution in [1.82, 2.24) is 19.8 Å². The molecule has 2 atom stereocenters. The number of benzene rings is 2. The van der Waals surface area contributed by atoms with Gasteiger partial charge in [0.2, 0.25) is 5.91 Å². The molecule has 0 bridgehead atoms. The summed E-state index contributed by atoms with van der Waals surface area (Å²) in [5.74, 6) is 0.140. The van der Waals surface area contributed by atoms with Gasteiger partial charge in [0.25, 0.3) is 0 Å². The number of nitrogens with zero attached hydrogens (tertiary/aromatic N) is 3. The predicted molar refractivity (Wildman–Crippen MR) is 144 cm³/mol. The van der Waals surface area contributed by atoms with Gasteiger partial charge in [-0.25, -0.2) is 0 Å². The minimum absolute atomic E-state index is 0.0719. The van der Waals surface area contributed by atoms with E-state index in [0.717, 1.165) is 28.3 Å². The zero-order chi connectivity index (χ0) is 25.1. The molecule has 1 aliphatic rings. The SMILES string of the molecule is Cc1cccc(NC(=O)CCN2C(=S)N[C@@H](c3ccccn3)[C@H]2c2cccn2-c2ccc(O)cc2)c1. The molecule has 3 heterocycles. The summed E-state index contributed by atoms with van der Waals surface area (Å²) >= 11 is 5.76. The molecule has 1 amide bonds. The van der Waals surface area contributed by atoms with E-state index in [4.69, 9.17) is 12.2 Å². The van der Waals surface area contributed by atoms with Crippen LogP contribution < -0.4 is 10.6 Å². The number of aromatic hydroxyl groups is 1. The van der Waals surface area contributed by atoms with E-state index in [1.807, 2.05) is 73.8 Å². The molecule has 2 aromatic heterocycles. The van der Waals surface area contributed by atoms with E-state index in [1.54, 1.807) is 18.3 Å². The Morgan fingerprint density at radius 1 is 1.08 bits per heavy atom. The van der Waals surface area contributed by atoms with Gasteiger partial charge in [0.1, 0.15) is 5.75 Å². The van der Waals surface area contributed by atoms with E-state index < -0.39 is 0 Å². The average Bonchev–Trinajstić information content (AvgIpc) is 3.48. The normalized spacial score (nSPS) is 17.1. The summed E-state index contributed by atoms with van der Waals surface area (Å²) in [5.41, 5.74) is 4.66. The number of thiocarbonyl (C=S) groups is 1. The van der Waals surface area contributed by atoms with E-state index in [-0.39, 0.29) is 30.2 Å². The third-order valence-electron chi connectivity index (χ3n) is 6.29. The summed E-state index contributed by atoms with van der Waals surface area (Å²) in [5, 5.41) is 16.8. The average molecular weight is 498 g/mol. The van der Waals surface area contributed by atoms with E-state index in [9.17, 15) is 9.90 Å². The number of phenols is 1. The summed E-state index contributed by atoms with van der Waals surface area (Å²) < 4.78 is 2.08. The van der Waals surface area contributed by atoms with Crippen molar-refractivity contribution in [3.05, 3.63) is 108 Å². The van der Waals surface area contributed by atoms with Gasteiger partial charge in [0, 0.05) is 42.4 Å². The topological polar surface area (TPSA) is 82.4 Å². The number of hydrogen-bond donors (Lipinski definition) is 3. The quantitative estimate of drug-likeness (QED) is 0.316. The molecule has 0 unspecified atom stereocenters. The highest BCUT2D eigenvalue weighted by Crippen LogP contribution is 2.39. The van der Waals surface area contributed by atoms with Crippen molar-refractivity contribution < 1.29 is 9.90 Å². The largest absolute Gasteiger partial charge is 0.508 e. The van der Waals surface area contributed by atoms with Crippen molar-refractivity contribution in [3.63, 3.8) is 0 Å². The minimum Gasteiger partial charge on any atom is -0.508 e. The van der Waals surface area contributed by atoms with Crippen LogP contribution in [0.5, 0.6) is 5.75 Å². The van der Waals surface area contributed by atoms with Gasteiger partial charge in [0.15, 0.2) is 5.11 Å². The third-order valence-corrected chi connectivity index (χ3v) is 6.64. The van der Waals surface area contributed by atoms with Gasteiger partial charge in [-0.15, -0.1) is 0 Å². The number of aromatic nitrogens is 2. The maximum atomic E-state index is 12.8. The van der Waals surface area contributed by atoms with Crippen LogP contribution in [0.4, 0.5) is 5.69 Å². The Bertz CT molecular complexity index is 1370. The van der Waals surface area contributed by atoms with Crippen LogP contribution in [0, 0.1) is 6.92 Å². The van der Waals surface area contributed by atoms with Crippen molar-refractivity contribution in [2.45, 2.75) is 25.4 Å². The lowest BCUT2D eigenvalue weighted by Gasteiger charge is -2.29. The maximum absolute atomic E-state index is 12.8. The van der Waals surface area contributed by atoms with E-state index in [1.165, 1.54) is 0 Å². The zero-order valence-corrected chi connectivity index (χ0v) is 20.7. The monoisotopic (exact) mass is 497 g/mol. The fourth-order valence-electron chi connectivity index (χ4n) is 4.62. The van der Waals surface area contributed by atoms with Crippen molar-refractivity contribution in [2.75, 3.05) is 11.9 Å². The summed E-state index contributed by atoms with van der Waals surface area (Å²) in [7, 11) is 0. The zero-order valence-electron chi connectivity index (χ0n) is 19.8. The first-order chi connectivity index (χ1) is 17.5. The second kappa shape index (κ2) is 10.2. The molecular formula is C28H27N5O2S. The van der Waals surface area contributed by atoms with Gasteiger partial charge in [-0.3, -0.25) is 9.78 Å². The molecular weight excluding hydrogens is 470 g/mol. The van der Waals surface area contributed by atoms with Crippen molar-refractivity contribution in [2.24, 2.45) is 0 Å². The molecule has 0 radical (unpaired) electrons. The Morgan fingerprint density at radius 3 is 2.67 bits per heavy atom. The molecule has 8 heteroatoms. The number of nitrogens with one attached hydrogen (secondary N) is 2. The van der Waals surface area contributed by atoms with E-state index in [2.05, 4.69) is 31.2 Å². The number of rotatable bonds is 7. The number of hydrogen-bond acceptors (Lipinski definition) is 4. The number of carbonyl (C=O) groups excluding carboxylic acids is 1. The van der Waals surface area contributed by atoms with Crippen LogP contribution in [0.2, 0.25) is 0 Å². The van der Waals surface area contributed by atoms with Crippen molar-refractivity contribution in [1.29, 1.82) is 0 Å². The molecule has 182 valence electrons. The molecule has 1 fully saturated rings. The molecule has 3 N–H and O–H groups in total. The van der Waals surface area contributed by atoms with Crippen LogP contribution in [0.15, 0.2) is 91.3 Å². The highest BCUT2D eigenvalue weighted by molar-refractivity contribution is 7.80. The molecule has 1 aliphatic heterocycles. The Labute approximate surface area is 215 Å². The van der Waals surface area contributed by atoms with E-state index >= 15 is 0 Å². The first-order valence-electron chi connectivity index (χ1n) is 11.8. The smallest absolute Gasteiger partial charge is 0.226 e. The van der Waals surface area contributed by atoms with Gasteiger partial charge >= 0.3 is 0 Å². The second-order valence-electron chi connectivity index (χ2n) is 8.81. The Balaban J connectivity index is 1.44. The predicted octanol–water partition coefficient (Wildman–Crippen LogP) is 4.89. The highest BCUT2D eigenvalue weighted by Gasteiger charge is 2.41. The molecule has 1 saturated heterocycles. The Hall–Kier alpha value is -4.17. The van der Waals surface area contributed by atoms with Gasteiger partial charge in [-0.05, 0) is 85.4 Å². The highest BCUT2D eigenvalue weighted by atomic mass is 32.1. The molecule has 4 aromatic rings. The van der Waals surface area contributed by atoms with Crippen molar-refractivity contribution in [3.8, 4) is 11.4 Å². The number of phenolic OH excluding ortho intramolecular Hbond substituents is 1. The standard InChI is InChI=1S/C28H27N5O2S/c1-19-6-4-7-20(18-19)30-25(35)14-17-33-27(26(31-28(33)36)23-8-2-3-15-29-23)24-9-5-16-32(24)21-10-12-22(34)13-11-21/h2-13,15-16,18,26-27,34H,14,17H2,1H3,(H,30,35)(H,31,36)/t26-,27+/m0/s1. The lowest BCUT2D eigenvalue weighted by molar-refractivity contribution is -0.116. The van der Waals surface area contributed by atoms with Gasteiger partial charge in [0.05, 0.1) is 17.8 Å². The van der Waals surface area contributed by atoms with Gasteiger partial charge in [-0.1, -0.05) is 18.2 Å². The summed E-state index contributed by atoms with van der Waals surface area (Å²) in [6, 6.07) is 24.3. The Morgan fingerprint density at radius 2 is 1.92 bits per heavy atom. The maximum Gasteiger partial charge on any atom is 0.226 e. The molecule has 0 aliphatic carbocycles. The number of anilines is 1. The lowest BCUT2D eigenvalue weighted by Crippen LogP contribution is -2.33. The lowest BCUT2D eigenvalue weighted by atomic mass is 10.0. The molecule has 36 heavy (non-hydrogen) atoms. The van der Waals surface area contributed by atoms with Crippen LogP contribution in [0.25, 0.3) is 5.69 Å². The first kappa shape index (κ1) is 23.6.